The van der Waals surface area contributed by atoms with Gasteiger partial charge in [0.05, 0.1) is 31.5 Å². The molecule has 1 heterocycles. The molecule has 0 bridgehead atoms. The quantitative estimate of drug-likeness (QED) is 0.173. The number of fused-ring (bicyclic) bond motifs is 6. The van der Waals surface area contributed by atoms with Gasteiger partial charge >= 0.3 is 0 Å². The Morgan fingerprint density at radius 1 is 0.385 bits per heavy atom. The van der Waals surface area contributed by atoms with Crippen molar-refractivity contribution in [2.45, 2.75) is 0 Å². The molecule has 0 aliphatic heterocycles. The van der Waals surface area contributed by atoms with E-state index in [2.05, 4.69) is 0 Å². The Kier molecular flexibility index (Phi) is 3.53. The van der Waals surface area contributed by atoms with Crippen LogP contribution in [0, 0.1) is 0 Å². The van der Waals surface area contributed by atoms with Crippen molar-refractivity contribution in [1.82, 2.24) is 0 Å². The fourth-order valence-electron chi connectivity index (χ4n) is 6.07. The number of hydrogen-bond donors (Lipinski definition) is 0. The summed E-state index contributed by atoms with van der Waals surface area (Å²) in [5.74, 6) is 0. The van der Waals surface area contributed by atoms with E-state index in [1.807, 2.05) is 0 Å². The molecule has 2 heteroatoms. The van der Waals surface area contributed by atoms with Crippen LogP contribution in [-0.2, 0) is 0 Å². The molecule has 10 aromatic rings. The standard InChI is InChI=1S/C50H33NO/c1-2-9-34(10-3-1)40-13-8-14-45(32-40)51(43-26-21-36(22-27-43)41-19-17-35-11-4-5-12-39(35)31-41)44-28-23-37(24-29-44)42-20-18-38-25-30-49-50(47(38)33-42)46-15-6-7-16-48(46)52-49/h1-33H/i1D,2D,3D,4D,5D,6D,7D,9D,10D,11D,12D,15D,16D,17D,19D,23D,24D,25D,28D,29D,30D,31D,33D. The van der Waals surface area contributed by atoms with Crippen LogP contribution in [0.25, 0.3) is 76.9 Å². The van der Waals surface area contributed by atoms with Crippen molar-refractivity contribution in [2.75, 3.05) is 4.90 Å². The Bertz CT molecular complexity index is 4170. The van der Waals surface area contributed by atoms with Crippen LogP contribution in [-0.4, -0.2) is 0 Å². The lowest BCUT2D eigenvalue weighted by Crippen LogP contribution is -2.10. The summed E-state index contributed by atoms with van der Waals surface area (Å²) in [4.78, 5) is 1.29. The first-order valence-electron chi connectivity index (χ1n) is 27.4. The summed E-state index contributed by atoms with van der Waals surface area (Å²) < 4.78 is 208. The molecule has 10 rings (SSSR count). The molecule has 0 N–H and O–H groups in total. The lowest BCUT2D eigenvalue weighted by atomic mass is 9.97. The lowest BCUT2D eigenvalue weighted by Gasteiger charge is -2.26. The second-order valence-electron chi connectivity index (χ2n) is 11.6. The molecular formula is C50H33NO. The third-order valence-electron chi connectivity index (χ3n) is 8.50. The molecule has 0 aliphatic carbocycles. The molecule has 0 fully saturated rings. The first kappa shape index (κ1) is 14.8. The highest BCUT2D eigenvalue weighted by molar-refractivity contribution is 6.19. The summed E-state index contributed by atoms with van der Waals surface area (Å²) >= 11 is 0. The SMILES string of the molecule is [2H]c1c([2H])c([2H])c(-c2cccc(N(c3ccc(-c4c([2H])c([2H])c5c([2H])c([2H])c([2H])c([2H])c5c4[2H])cc3)c3c([2H])c([2H])c(-c4ccc5c([2H])c([2H])c6oc7c([2H])c([2H])c([2H])c([2H])c7c6c5c4[2H])c([2H])c3[2H])c2)c([2H])c1[2H]. The maximum Gasteiger partial charge on any atom is 0.136 e. The Morgan fingerprint density at radius 2 is 1.10 bits per heavy atom. The van der Waals surface area contributed by atoms with Crippen LogP contribution in [0.5, 0.6) is 0 Å². The van der Waals surface area contributed by atoms with E-state index < -0.39 is 145 Å². The van der Waals surface area contributed by atoms with E-state index in [1.54, 1.807) is 0 Å². The first-order chi connectivity index (χ1) is 35.3. The Balaban J connectivity index is 1.22. The molecule has 0 saturated heterocycles. The number of benzene rings is 9. The molecule has 1 aromatic heterocycles. The number of nitrogens with zero attached hydrogens (tertiary/aromatic N) is 1. The highest BCUT2D eigenvalue weighted by Crippen LogP contribution is 2.40. The van der Waals surface area contributed by atoms with E-state index in [-0.39, 0.29) is 88.2 Å². The summed E-state index contributed by atoms with van der Waals surface area (Å²) in [5.41, 5.74) is -1.53. The smallest absolute Gasteiger partial charge is 0.136 e. The van der Waals surface area contributed by atoms with E-state index in [0.29, 0.717) is 0 Å². The van der Waals surface area contributed by atoms with Crippen molar-refractivity contribution in [3.8, 4) is 33.4 Å². The van der Waals surface area contributed by atoms with Crippen LogP contribution in [0.2, 0.25) is 0 Å². The molecule has 0 saturated carbocycles. The van der Waals surface area contributed by atoms with Crippen molar-refractivity contribution in [2.24, 2.45) is 0 Å². The summed E-state index contributed by atoms with van der Waals surface area (Å²) in [5, 5.41) is -0.975. The second kappa shape index (κ2) is 12.5. The molecule has 2 nitrogen and oxygen atoms in total. The highest BCUT2D eigenvalue weighted by atomic mass is 16.3. The van der Waals surface area contributed by atoms with Gasteiger partial charge in [-0.25, -0.2) is 0 Å². The average molecular weight is 687 g/mol. The number of para-hydroxylation sites is 1. The zero-order valence-electron chi connectivity index (χ0n) is 49.6. The van der Waals surface area contributed by atoms with Crippen molar-refractivity contribution in [1.29, 1.82) is 0 Å². The molecule has 9 aromatic carbocycles. The van der Waals surface area contributed by atoms with Crippen LogP contribution in [0.4, 0.5) is 17.1 Å². The molecule has 0 unspecified atom stereocenters. The predicted octanol–water partition coefficient (Wildman–Crippen LogP) is 14.4. The summed E-state index contributed by atoms with van der Waals surface area (Å²) in [7, 11) is 0. The van der Waals surface area contributed by atoms with Crippen LogP contribution in [0.3, 0.4) is 0 Å². The maximum absolute atomic E-state index is 9.62. The Hall–Kier alpha value is -6.90. The molecule has 244 valence electrons. The maximum atomic E-state index is 9.62. The number of anilines is 3. The van der Waals surface area contributed by atoms with Gasteiger partial charge < -0.3 is 9.32 Å². The molecular weight excluding hydrogens is 631 g/mol. The van der Waals surface area contributed by atoms with E-state index in [0.717, 1.165) is 0 Å². The van der Waals surface area contributed by atoms with Crippen LogP contribution >= 0.6 is 0 Å². The lowest BCUT2D eigenvalue weighted by molar-refractivity contribution is 0.669. The van der Waals surface area contributed by atoms with Gasteiger partial charge in [-0.15, -0.1) is 0 Å². The van der Waals surface area contributed by atoms with Gasteiger partial charge in [0.15, 0.2) is 0 Å². The summed E-state index contributed by atoms with van der Waals surface area (Å²) in [6.45, 7) is 0. The van der Waals surface area contributed by atoms with Gasteiger partial charge in [0.25, 0.3) is 0 Å². The van der Waals surface area contributed by atoms with E-state index in [4.69, 9.17) is 29.1 Å². The van der Waals surface area contributed by atoms with E-state index in [1.165, 1.54) is 65.6 Å². The van der Waals surface area contributed by atoms with Crippen LogP contribution < -0.4 is 4.90 Å². The molecule has 0 aliphatic rings. The molecule has 0 radical (unpaired) electrons. The minimum absolute atomic E-state index is 0.000946. The van der Waals surface area contributed by atoms with Crippen LogP contribution in [0.1, 0.15) is 31.5 Å². The van der Waals surface area contributed by atoms with Gasteiger partial charge in [0.2, 0.25) is 0 Å². The van der Waals surface area contributed by atoms with Gasteiger partial charge in [0.1, 0.15) is 11.2 Å². The van der Waals surface area contributed by atoms with Crippen molar-refractivity contribution in [3.63, 3.8) is 0 Å². The predicted molar refractivity (Wildman–Crippen MR) is 220 cm³/mol. The average Bonchev–Trinajstić information content (AvgIpc) is 3.81. The van der Waals surface area contributed by atoms with E-state index >= 15 is 0 Å². The topological polar surface area (TPSA) is 16.4 Å². The Labute approximate surface area is 334 Å². The fourth-order valence-corrected chi connectivity index (χ4v) is 6.07. The monoisotopic (exact) mass is 686 g/mol. The molecule has 0 atom stereocenters. The number of hydrogen-bond acceptors (Lipinski definition) is 2. The molecule has 0 spiro atoms. The summed E-state index contributed by atoms with van der Waals surface area (Å²) in [6, 6.07) is 0.852. The third kappa shape index (κ3) is 5.30. The van der Waals surface area contributed by atoms with Crippen molar-refractivity contribution in [3.05, 3.63) is 200 Å². The minimum Gasteiger partial charge on any atom is -0.456 e. The fraction of sp³-hybridized carbons (Fsp3) is 0. The first-order valence-corrected chi connectivity index (χ1v) is 15.9. The zero-order valence-corrected chi connectivity index (χ0v) is 26.6. The van der Waals surface area contributed by atoms with Gasteiger partial charge in [-0.3, -0.25) is 0 Å². The minimum atomic E-state index is -0.679. The normalized spacial score (nSPS) is 17.7. The van der Waals surface area contributed by atoms with Gasteiger partial charge in [-0.05, 0) is 115 Å². The largest absolute Gasteiger partial charge is 0.456 e. The molecule has 52 heavy (non-hydrogen) atoms. The number of furan rings is 1. The van der Waals surface area contributed by atoms with Crippen molar-refractivity contribution >= 4 is 60.5 Å². The second-order valence-corrected chi connectivity index (χ2v) is 11.6. The van der Waals surface area contributed by atoms with E-state index in [9.17, 15) is 6.85 Å². The Morgan fingerprint density at radius 3 is 1.96 bits per heavy atom. The van der Waals surface area contributed by atoms with Gasteiger partial charge in [-0.1, -0.05) is 139 Å². The summed E-state index contributed by atoms with van der Waals surface area (Å²) in [6.07, 6.45) is 0. The van der Waals surface area contributed by atoms with Crippen molar-refractivity contribution < 1.29 is 35.9 Å². The molecule has 0 amide bonds. The van der Waals surface area contributed by atoms with Gasteiger partial charge in [0, 0.05) is 27.8 Å². The third-order valence-corrected chi connectivity index (χ3v) is 8.50. The van der Waals surface area contributed by atoms with Gasteiger partial charge in [-0.2, -0.15) is 0 Å². The highest BCUT2D eigenvalue weighted by Gasteiger charge is 2.16. The zero-order chi connectivity index (χ0) is 54.4. The number of rotatable bonds is 6. The van der Waals surface area contributed by atoms with Crippen LogP contribution in [0.15, 0.2) is 204 Å².